The first-order valence-electron chi connectivity index (χ1n) is 9.23. The molecule has 2 saturated heterocycles. The van der Waals surface area contributed by atoms with Crippen LogP contribution in [0.15, 0.2) is 16.6 Å². The summed E-state index contributed by atoms with van der Waals surface area (Å²) in [7, 11) is 0. The summed E-state index contributed by atoms with van der Waals surface area (Å²) in [6.07, 6.45) is 5.87. The molecule has 0 saturated carbocycles. The second-order valence-corrected chi connectivity index (χ2v) is 9.23. The highest BCUT2D eigenvalue weighted by Gasteiger charge is 2.47. The molecule has 0 aromatic carbocycles. The van der Waals surface area contributed by atoms with Gasteiger partial charge in [-0.1, -0.05) is 11.6 Å². The maximum absolute atomic E-state index is 13.3. The lowest BCUT2D eigenvalue weighted by Gasteiger charge is -2.33. The Balaban J connectivity index is 1.45. The number of carbonyl (C=O) groups is 2. The maximum Gasteiger partial charge on any atom is 0.242 e. The van der Waals surface area contributed by atoms with Gasteiger partial charge in [0.05, 0.1) is 18.8 Å². The van der Waals surface area contributed by atoms with Gasteiger partial charge in [0, 0.05) is 23.6 Å². The zero-order chi connectivity index (χ0) is 18.3. The number of rotatable bonds is 3. The minimum Gasteiger partial charge on any atom is -0.338 e. The number of hydrogen-bond donors (Lipinski definition) is 0. The van der Waals surface area contributed by atoms with E-state index in [4.69, 9.17) is 11.6 Å². The molecule has 5 unspecified atom stereocenters. The highest BCUT2D eigenvalue weighted by Crippen LogP contribution is 2.46. The van der Waals surface area contributed by atoms with Crippen molar-refractivity contribution in [1.82, 2.24) is 9.80 Å². The van der Waals surface area contributed by atoms with Crippen LogP contribution in [0.4, 0.5) is 4.39 Å². The van der Waals surface area contributed by atoms with Crippen molar-refractivity contribution in [3.63, 3.8) is 0 Å². The average Bonchev–Trinajstić information content (AvgIpc) is 3.25. The maximum atomic E-state index is 13.3. The van der Waals surface area contributed by atoms with Crippen LogP contribution in [0.2, 0.25) is 0 Å². The van der Waals surface area contributed by atoms with Crippen LogP contribution >= 0.6 is 23.4 Å². The van der Waals surface area contributed by atoms with Crippen molar-refractivity contribution in [2.75, 3.05) is 25.4 Å². The predicted octanol–water partition coefficient (Wildman–Crippen LogP) is 2.45. The van der Waals surface area contributed by atoms with E-state index in [9.17, 15) is 14.0 Å². The molecule has 142 valence electrons. The van der Waals surface area contributed by atoms with E-state index < -0.39 is 6.17 Å². The number of halogens is 2. The van der Waals surface area contributed by atoms with Crippen molar-refractivity contribution in [3.8, 4) is 0 Å². The number of amides is 2. The molecule has 1 aliphatic carbocycles. The van der Waals surface area contributed by atoms with Gasteiger partial charge in [0.15, 0.2) is 0 Å². The largest absolute Gasteiger partial charge is 0.338 e. The lowest BCUT2D eigenvalue weighted by atomic mass is 9.81. The van der Waals surface area contributed by atoms with Crippen molar-refractivity contribution < 1.29 is 14.0 Å². The molecule has 8 heteroatoms. The Labute approximate surface area is 162 Å². The normalized spacial score (nSPS) is 37.1. The van der Waals surface area contributed by atoms with Crippen molar-refractivity contribution in [2.45, 2.75) is 42.6 Å². The highest BCUT2D eigenvalue weighted by atomic mass is 35.5. The number of carbonyl (C=O) groups excluding carboxylic acids is 2. The van der Waals surface area contributed by atoms with Crippen molar-refractivity contribution >= 4 is 41.5 Å². The smallest absolute Gasteiger partial charge is 0.242 e. The second kappa shape index (κ2) is 7.50. The van der Waals surface area contributed by atoms with Crippen LogP contribution in [-0.4, -0.2) is 70.3 Å². The van der Waals surface area contributed by atoms with Gasteiger partial charge in [0.25, 0.3) is 0 Å². The summed E-state index contributed by atoms with van der Waals surface area (Å²) in [6.45, 7) is 0.518. The molecular formula is C18H23ClFN3O2S. The van der Waals surface area contributed by atoms with E-state index in [2.05, 4.69) is 11.1 Å². The number of allylic oxidation sites excluding steroid dienone is 2. The molecule has 5 nitrogen and oxygen atoms in total. The van der Waals surface area contributed by atoms with Crippen LogP contribution in [0.5, 0.6) is 0 Å². The fourth-order valence-electron chi connectivity index (χ4n) is 4.24. The number of alkyl halides is 2. The topological polar surface area (TPSA) is 53.0 Å². The standard InChI is InChI=1S/C18H23ClFN3O2S/c19-12-3-1-11(2-4-12)14-9-26-17-16(14)18(25)23(10-21-17)8-15(24)22-6-5-13(20)7-22/h1,10,12-14,16-17H,2-9H2. The van der Waals surface area contributed by atoms with Crippen molar-refractivity contribution in [1.29, 1.82) is 0 Å². The molecule has 2 amide bonds. The first-order chi connectivity index (χ1) is 12.5. The Hall–Kier alpha value is -1.08. The molecule has 4 aliphatic rings. The zero-order valence-corrected chi connectivity index (χ0v) is 16.1. The number of nitrogens with zero attached hydrogens (tertiary/aromatic N) is 3. The zero-order valence-electron chi connectivity index (χ0n) is 14.5. The van der Waals surface area contributed by atoms with Gasteiger partial charge in [-0.25, -0.2) is 4.39 Å². The van der Waals surface area contributed by atoms with Crippen LogP contribution in [0.3, 0.4) is 0 Å². The Morgan fingerprint density at radius 1 is 1.42 bits per heavy atom. The summed E-state index contributed by atoms with van der Waals surface area (Å²) in [5.41, 5.74) is 1.32. The van der Waals surface area contributed by atoms with E-state index in [0.717, 1.165) is 25.0 Å². The molecule has 0 radical (unpaired) electrons. The molecule has 0 aromatic rings. The van der Waals surface area contributed by atoms with Crippen molar-refractivity contribution in [3.05, 3.63) is 11.6 Å². The molecule has 2 fully saturated rings. The van der Waals surface area contributed by atoms with E-state index >= 15 is 0 Å². The molecule has 3 aliphatic heterocycles. The summed E-state index contributed by atoms with van der Waals surface area (Å²) in [6, 6.07) is 0. The van der Waals surface area contributed by atoms with Crippen LogP contribution in [-0.2, 0) is 9.59 Å². The van der Waals surface area contributed by atoms with Crippen LogP contribution in [0.1, 0.15) is 25.7 Å². The van der Waals surface area contributed by atoms with Gasteiger partial charge in [-0.2, -0.15) is 0 Å². The monoisotopic (exact) mass is 399 g/mol. The van der Waals surface area contributed by atoms with E-state index in [0.29, 0.717) is 13.0 Å². The average molecular weight is 400 g/mol. The second-order valence-electron chi connectivity index (χ2n) is 7.46. The van der Waals surface area contributed by atoms with Gasteiger partial charge < -0.3 is 4.90 Å². The van der Waals surface area contributed by atoms with Gasteiger partial charge in [-0.15, -0.1) is 23.4 Å². The summed E-state index contributed by atoms with van der Waals surface area (Å²) in [4.78, 5) is 32.9. The first kappa shape index (κ1) is 18.3. The van der Waals surface area contributed by atoms with Crippen molar-refractivity contribution in [2.24, 2.45) is 16.8 Å². The van der Waals surface area contributed by atoms with E-state index in [1.807, 2.05) is 0 Å². The molecule has 0 aromatic heterocycles. The van der Waals surface area contributed by atoms with Crippen LogP contribution < -0.4 is 0 Å². The number of thioether (sulfide) groups is 1. The SMILES string of the molecule is O=C1C2C(N=CN1CC(=O)N1CCC(F)C1)SCC2C1=CCC(Cl)CC1. The molecule has 26 heavy (non-hydrogen) atoms. The Kier molecular flexibility index (Phi) is 5.28. The molecular weight excluding hydrogens is 377 g/mol. The fourth-order valence-corrected chi connectivity index (χ4v) is 5.92. The van der Waals surface area contributed by atoms with Gasteiger partial charge >= 0.3 is 0 Å². The third-order valence-electron chi connectivity index (χ3n) is 5.76. The summed E-state index contributed by atoms with van der Waals surface area (Å²) in [5, 5.41) is 0.132. The summed E-state index contributed by atoms with van der Waals surface area (Å²) >= 11 is 7.91. The lowest BCUT2D eigenvalue weighted by molar-refractivity contribution is -0.139. The summed E-state index contributed by atoms with van der Waals surface area (Å²) in [5.74, 6) is 0.627. The lowest BCUT2D eigenvalue weighted by Crippen LogP contribution is -2.48. The molecule has 0 N–H and O–H groups in total. The molecule has 3 heterocycles. The minimum atomic E-state index is -0.950. The van der Waals surface area contributed by atoms with Gasteiger partial charge in [-0.05, 0) is 25.7 Å². The number of aliphatic imine (C=N–C) groups is 1. The Morgan fingerprint density at radius 2 is 2.27 bits per heavy atom. The first-order valence-corrected chi connectivity index (χ1v) is 10.7. The minimum absolute atomic E-state index is 0.0294. The van der Waals surface area contributed by atoms with E-state index in [1.165, 1.54) is 21.7 Å². The van der Waals surface area contributed by atoms with Gasteiger partial charge in [-0.3, -0.25) is 19.5 Å². The fraction of sp³-hybridized carbons (Fsp3) is 0.722. The molecule has 0 spiro atoms. The third kappa shape index (κ3) is 3.52. The van der Waals surface area contributed by atoms with Gasteiger partial charge in [0.1, 0.15) is 18.1 Å². The summed E-state index contributed by atoms with van der Waals surface area (Å²) < 4.78 is 13.3. The van der Waals surface area contributed by atoms with Crippen LogP contribution in [0, 0.1) is 11.8 Å². The molecule has 5 atom stereocenters. The van der Waals surface area contributed by atoms with E-state index in [1.54, 1.807) is 11.8 Å². The Morgan fingerprint density at radius 3 is 2.96 bits per heavy atom. The molecule has 4 rings (SSSR count). The Bertz CT molecular complexity index is 658. The number of fused-ring (bicyclic) bond motifs is 1. The third-order valence-corrected chi connectivity index (χ3v) is 7.46. The predicted molar refractivity (Wildman–Crippen MR) is 101 cm³/mol. The number of likely N-dealkylation sites (tertiary alicyclic amines) is 1. The highest BCUT2D eigenvalue weighted by molar-refractivity contribution is 8.00. The van der Waals surface area contributed by atoms with Crippen LogP contribution in [0.25, 0.3) is 0 Å². The van der Waals surface area contributed by atoms with Gasteiger partial charge in [0.2, 0.25) is 11.8 Å². The number of hydrogen-bond acceptors (Lipinski definition) is 4. The quantitative estimate of drug-likeness (QED) is 0.541. The van der Waals surface area contributed by atoms with E-state index in [-0.39, 0.29) is 47.5 Å². The molecule has 0 bridgehead atoms.